The zero-order chi connectivity index (χ0) is 21.1. The van der Waals surface area contributed by atoms with Gasteiger partial charge in [-0.05, 0) is 58.2 Å². The van der Waals surface area contributed by atoms with Crippen LogP contribution in [0.3, 0.4) is 0 Å². The van der Waals surface area contributed by atoms with Gasteiger partial charge in [0, 0.05) is 58.4 Å². The van der Waals surface area contributed by atoms with E-state index in [2.05, 4.69) is 54.3 Å². The predicted octanol–water partition coefficient (Wildman–Crippen LogP) is 2.60. The Hall–Kier alpha value is -2.08. The molecule has 0 aromatic heterocycles. The van der Waals surface area contributed by atoms with E-state index in [1.807, 2.05) is 18.2 Å². The molecule has 0 bridgehead atoms. The molecule has 0 fully saturated rings. The standard InChI is InChI=1S/C22H39N5O/c1-17(2)27(18(3)4)15-9-13-24-22(23-5)25-14-12-19-10-8-11-20(16-19)21(28)26(6)7/h8,10-11,16-18H,9,12-15H2,1-7H3,(H2,23,24,25). The van der Waals surface area contributed by atoms with Crippen molar-refractivity contribution < 1.29 is 4.79 Å². The number of carbonyl (C=O) groups excluding carboxylic acids is 1. The van der Waals surface area contributed by atoms with Gasteiger partial charge in [-0.15, -0.1) is 0 Å². The highest BCUT2D eigenvalue weighted by atomic mass is 16.2. The molecular formula is C22H39N5O. The number of carbonyl (C=O) groups is 1. The van der Waals surface area contributed by atoms with Crippen molar-refractivity contribution in [3.63, 3.8) is 0 Å². The molecule has 0 aliphatic heterocycles. The summed E-state index contributed by atoms with van der Waals surface area (Å²) in [5, 5.41) is 6.74. The molecule has 6 heteroatoms. The van der Waals surface area contributed by atoms with E-state index in [1.54, 1.807) is 26.0 Å². The number of aliphatic imine (C=N–C) groups is 1. The molecule has 1 aromatic carbocycles. The molecule has 28 heavy (non-hydrogen) atoms. The summed E-state index contributed by atoms with van der Waals surface area (Å²) >= 11 is 0. The first-order chi connectivity index (χ1) is 13.3. The highest BCUT2D eigenvalue weighted by molar-refractivity contribution is 5.94. The van der Waals surface area contributed by atoms with E-state index in [4.69, 9.17) is 0 Å². The molecule has 0 atom stereocenters. The van der Waals surface area contributed by atoms with Gasteiger partial charge in [0.1, 0.15) is 0 Å². The monoisotopic (exact) mass is 389 g/mol. The van der Waals surface area contributed by atoms with Crippen molar-refractivity contribution in [2.45, 2.75) is 52.6 Å². The van der Waals surface area contributed by atoms with Crippen molar-refractivity contribution in [1.82, 2.24) is 20.4 Å². The van der Waals surface area contributed by atoms with E-state index in [9.17, 15) is 4.79 Å². The fourth-order valence-corrected chi connectivity index (χ4v) is 3.25. The largest absolute Gasteiger partial charge is 0.356 e. The van der Waals surface area contributed by atoms with Crippen LogP contribution in [-0.2, 0) is 6.42 Å². The summed E-state index contributed by atoms with van der Waals surface area (Å²) in [5.41, 5.74) is 1.87. The highest BCUT2D eigenvalue weighted by Crippen LogP contribution is 2.08. The van der Waals surface area contributed by atoms with E-state index in [0.29, 0.717) is 12.1 Å². The summed E-state index contributed by atoms with van der Waals surface area (Å²) in [4.78, 5) is 20.5. The Labute approximate surface area is 171 Å². The first-order valence-electron chi connectivity index (χ1n) is 10.3. The van der Waals surface area contributed by atoms with Gasteiger partial charge < -0.3 is 15.5 Å². The second-order valence-corrected chi connectivity index (χ2v) is 7.85. The Balaban J connectivity index is 2.39. The van der Waals surface area contributed by atoms with Crippen LogP contribution in [-0.4, -0.2) is 74.5 Å². The molecule has 1 aromatic rings. The molecule has 1 amide bonds. The first kappa shape index (κ1) is 24.0. The fourth-order valence-electron chi connectivity index (χ4n) is 3.25. The summed E-state index contributed by atoms with van der Waals surface area (Å²) in [6.45, 7) is 11.7. The molecule has 0 radical (unpaired) electrons. The lowest BCUT2D eigenvalue weighted by Gasteiger charge is -2.30. The van der Waals surface area contributed by atoms with Gasteiger partial charge in [-0.2, -0.15) is 0 Å². The van der Waals surface area contributed by atoms with Crippen LogP contribution in [0.15, 0.2) is 29.3 Å². The molecule has 2 N–H and O–H groups in total. The van der Waals surface area contributed by atoms with Crippen molar-refractivity contribution in [3.8, 4) is 0 Å². The van der Waals surface area contributed by atoms with E-state index in [0.717, 1.165) is 49.6 Å². The summed E-state index contributed by atoms with van der Waals surface area (Å²) in [6, 6.07) is 8.94. The third-order valence-electron chi connectivity index (χ3n) is 4.72. The van der Waals surface area contributed by atoms with Gasteiger partial charge in [-0.3, -0.25) is 14.7 Å². The van der Waals surface area contributed by atoms with Crippen molar-refractivity contribution >= 4 is 11.9 Å². The summed E-state index contributed by atoms with van der Waals surface area (Å²) in [5.74, 6) is 0.852. The van der Waals surface area contributed by atoms with E-state index < -0.39 is 0 Å². The van der Waals surface area contributed by atoms with Gasteiger partial charge in [0.15, 0.2) is 5.96 Å². The van der Waals surface area contributed by atoms with Crippen molar-refractivity contribution in [2.75, 3.05) is 40.8 Å². The van der Waals surface area contributed by atoms with Crippen molar-refractivity contribution in [1.29, 1.82) is 0 Å². The second kappa shape index (κ2) is 12.4. The Morgan fingerprint density at radius 1 is 1.07 bits per heavy atom. The third kappa shape index (κ3) is 8.30. The third-order valence-corrected chi connectivity index (χ3v) is 4.72. The SMILES string of the molecule is CN=C(NCCCN(C(C)C)C(C)C)NCCc1cccc(C(=O)N(C)C)c1. The van der Waals surface area contributed by atoms with E-state index in [-0.39, 0.29) is 5.91 Å². The lowest BCUT2D eigenvalue weighted by Crippen LogP contribution is -2.41. The lowest BCUT2D eigenvalue weighted by atomic mass is 10.1. The minimum Gasteiger partial charge on any atom is -0.356 e. The highest BCUT2D eigenvalue weighted by Gasteiger charge is 2.12. The summed E-state index contributed by atoms with van der Waals surface area (Å²) < 4.78 is 0. The maximum Gasteiger partial charge on any atom is 0.253 e. The topological polar surface area (TPSA) is 60.0 Å². The predicted molar refractivity (Wildman–Crippen MR) is 119 cm³/mol. The average molecular weight is 390 g/mol. The van der Waals surface area contributed by atoms with Crippen molar-refractivity contribution in [2.24, 2.45) is 4.99 Å². The Bertz CT molecular complexity index is 617. The van der Waals surface area contributed by atoms with Gasteiger partial charge in [-0.25, -0.2) is 0 Å². The Morgan fingerprint density at radius 3 is 2.29 bits per heavy atom. The van der Waals surface area contributed by atoms with Crippen LogP contribution in [0.4, 0.5) is 0 Å². The second-order valence-electron chi connectivity index (χ2n) is 7.85. The zero-order valence-electron chi connectivity index (χ0n) is 18.7. The lowest BCUT2D eigenvalue weighted by molar-refractivity contribution is 0.0827. The van der Waals surface area contributed by atoms with Crippen LogP contribution in [0, 0.1) is 0 Å². The minimum absolute atomic E-state index is 0.0316. The Morgan fingerprint density at radius 2 is 1.71 bits per heavy atom. The van der Waals surface area contributed by atoms with Gasteiger partial charge in [0.2, 0.25) is 0 Å². The maximum absolute atomic E-state index is 12.1. The Kier molecular flexibility index (Phi) is 10.6. The number of hydrogen-bond donors (Lipinski definition) is 2. The molecule has 0 heterocycles. The quantitative estimate of drug-likeness (QED) is 0.367. The molecule has 158 valence electrons. The van der Waals surface area contributed by atoms with E-state index in [1.165, 1.54) is 0 Å². The fraction of sp³-hybridized carbons (Fsp3) is 0.636. The molecule has 0 spiro atoms. The van der Waals surface area contributed by atoms with Gasteiger partial charge >= 0.3 is 0 Å². The molecule has 0 saturated heterocycles. The number of hydrogen-bond acceptors (Lipinski definition) is 3. The van der Waals surface area contributed by atoms with Gasteiger partial charge in [0.25, 0.3) is 5.91 Å². The number of nitrogens with zero attached hydrogens (tertiary/aromatic N) is 3. The normalized spacial score (nSPS) is 12.0. The van der Waals surface area contributed by atoms with E-state index >= 15 is 0 Å². The average Bonchev–Trinajstić information content (AvgIpc) is 2.65. The van der Waals surface area contributed by atoms with Crippen LogP contribution in [0.2, 0.25) is 0 Å². The molecule has 6 nitrogen and oxygen atoms in total. The molecule has 0 saturated carbocycles. The van der Waals surface area contributed by atoms with Crippen LogP contribution >= 0.6 is 0 Å². The van der Waals surface area contributed by atoms with Crippen molar-refractivity contribution in [3.05, 3.63) is 35.4 Å². The number of benzene rings is 1. The number of guanidine groups is 1. The minimum atomic E-state index is 0.0316. The zero-order valence-corrected chi connectivity index (χ0v) is 18.7. The van der Waals surface area contributed by atoms with Crippen LogP contribution in [0.1, 0.15) is 50.0 Å². The summed E-state index contributed by atoms with van der Waals surface area (Å²) in [7, 11) is 5.34. The van der Waals surface area contributed by atoms with Crippen LogP contribution in [0.5, 0.6) is 0 Å². The first-order valence-corrected chi connectivity index (χ1v) is 10.3. The number of amides is 1. The molecule has 0 unspecified atom stereocenters. The maximum atomic E-state index is 12.1. The summed E-state index contributed by atoms with van der Waals surface area (Å²) in [6.07, 6.45) is 1.91. The molecular weight excluding hydrogens is 350 g/mol. The number of rotatable bonds is 10. The molecule has 0 aliphatic carbocycles. The molecule has 0 aliphatic rings. The van der Waals surface area contributed by atoms with Gasteiger partial charge in [0.05, 0.1) is 0 Å². The van der Waals surface area contributed by atoms with Crippen LogP contribution < -0.4 is 10.6 Å². The smallest absolute Gasteiger partial charge is 0.253 e. The number of nitrogens with one attached hydrogen (secondary N) is 2. The van der Waals surface area contributed by atoms with Crippen LogP contribution in [0.25, 0.3) is 0 Å². The molecule has 1 rings (SSSR count). The van der Waals surface area contributed by atoms with Gasteiger partial charge in [-0.1, -0.05) is 12.1 Å².